The van der Waals surface area contributed by atoms with Crippen LogP contribution >= 0.6 is 0 Å². The number of hydrogen-bond donors (Lipinski definition) is 0. The zero-order valence-electron chi connectivity index (χ0n) is 21.7. The summed E-state index contributed by atoms with van der Waals surface area (Å²) in [7, 11) is 0. The van der Waals surface area contributed by atoms with E-state index >= 15 is 0 Å². The fourth-order valence-corrected chi connectivity index (χ4v) is 3.64. The summed E-state index contributed by atoms with van der Waals surface area (Å²) in [5.74, 6) is -1.17. The van der Waals surface area contributed by atoms with Gasteiger partial charge in [-0.2, -0.15) is 0 Å². The fourth-order valence-electron chi connectivity index (χ4n) is 3.64. The van der Waals surface area contributed by atoms with Crippen LogP contribution < -0.4 is 14.2 Å². The SMILES string of the molecule is [2H]C1([2H])Oc2ccc(OC([2H])([2H])[C@@H]3CN(C(=O)OC(C)(C)C)CC[C@H]3c3ccc(F)cc3)cc2O1. The number of ether oxygens (including phenoxy) is 4. The van der Waals surface area contributed by atoms with Gasteiger partial charge in [0.15, 0.2) is 11.5 Å². The second kappa shape index (κ2) is 8.65. The average molecular weight is 434 g/mol. The van der Waals surface area contributed by atoms with Gasteiger partial charge in [0.1, 0.15) is 19.9 Å². The lowest BCUT2D eigenvalue weighted by Gasteiger charge is -2.39. The van der Waals surface area contributed by atoms with Crippen molar-refractivity contribution in [1.82, 2.24) is 4.90 Å². The predicted octanol–water partition coefficient (Wildman–Crippen LogP) is 4.97. The molecule has 2 heterocycles. The molecule has 0 N–H and O–H groups in total. The molecular formula is C24H28FNO5. The number of carbonyl (C=O) groups is 1. The standard InChI is InChI=1S/C24H28FNO5/c1-24(2,3)31-23(27)26-11-10-20(16-4-6-18(25)7-5-16)17(13-26)14-28-19-8-9-21-22(12-19)30-15-29-21/h4-9,12,17,20H,10-11,13-15H2,1-3H3/t17-,20-/m0/s1/i14D2,15D2. The molecule has 2 aromatic carbocycles. The van der Waals surface area contributed by atoms with Crippen LogP contribution in [0, 0.1) is 11.7 Å². The number of amides is 1. The molecule has 1 amide bonds. The van der Waals surface area contributed by atoms with Crippen molar-refractivity contribution in [3.63, 3.8) is 0 Å². The summed E-state index contributed by atoms with van der Waals surface area (Å²) in [6, 6.07) is 10.2. The lowest BCUT2D eigenvalue weighted by atomic mass is 9.81. The molecule has 1 fully saturated rings. The molecule has 0 radical (unpaired) electrons. The van der Waals surface area contributed by atoms with Gasteiger partial charge in [0, 0.05) is 25.1 Å². The van der Waals surface area contributed by atoms with E-state index in [1.165, 1.54) is 35.2 Å². The topological polar surface area (TPSA) is 57.2 Å². The number of nitrogens with zero attached hydrogens (tertiary/aromatic N) is 1. The molecule has 0 saturated carbocycles. The maximum Gasteiger partial charge on any atom is 0.410 e. The third-order valence-electron chi connectivity index (χ3n) is 5.11. The van der Waals surface area contributed by atoms with Crippen molar-refractivity contribution in [2.45, 2.75) is 38.7 Å². The summed E-state index contributed by atoms with van der Waals surface area (Å²) in [5, 5.41) is 0. The van der Waals surface area contributed by atoms with Crippen LogP contribution in [0.15, 0.2) is 42.5 Å². The van der Waals surface area contributed by atoms with E-state index in [0.717, 1.165) is 5.56 Å². The number of likely N-dealkylation sites (tertiary alicyclic amines) is 1. The number of piperidine rings is 1. The molecule has 7 heteroatoms. The molecular weight excluding hydrogens is 401 g/mol. The van der Waals surface area contributed by atoms with Crippen molar-refractivity contribution in [1.29, 1.82) is 0 Å². The van der Waals surface area contributed by atoms with Gasteiger partial charge in [-0.15, -0.1) is 0 Å². The highest BCUT2D eigenvalue weighted by atomic mass is 19.1. The second-order valence-corrected chi connectivity index (χ2v) is 8.60. The van der Waals surface area contributed by atoms with Gasteiger partial charge in [-0.1, -0.05) is 12.1 Å². The van der Waals surface area contributed by atoms with E-state index in [9.17, 15) is 9.18 Å². The van der Waals surface area contributed by atoms with Crippen molar-refractivity contribution < 1.29 is 33.6 Å². The van der Waals surface area contributed by atoms with Crippen LogP contribution in [-0.4, -0.2) is 43.0 Å². The van der Waals surface area contributed by atoms with Gasteiger partial charge in [-0.3, -0.25) is 0 Å². The predicted molar refractivity (Wildman–Crippen MR) is 113 cm³/mol. The first-order valence-corrected chi connectivity index (χ1v) is 10.2. The van der Waals surface area contributed by atoms with Gasteiger partial charge in [-0.25, -0.2) is 9.18 Å². The van der Waals surface area contributed by atoms with E-state index in [0.29, 0.717) is 13.0 Å². The van der Waals surface area contributed by atoms with Crippen molar-refractivity contribution >= 4 is 6.09 Å². The maximum atomic E-state index is 13.5. The summed E-state index contributed by atoms with van der Waals surface area (Å²) in [6.45, 7) is 1.09. The summed E-state index contributed by atoms with van der Waals surface area (Å²) in [6.07, 6.45) is -0.110. The minimum Gasteiger partial charge on any atom is -0.493 e. The van der Waals surface area contributed by atoms with E-state index < -0.39 is 36.7 Å². The molecule has 2 atom stereocenters. The van der Waals surface area contributed by atoms with E-state index in [1.54, 1.807) is 32.9 Å². The Kier molecular flexibility index (Phi) is 4.66. The van der Waals surface area contributed by atoms with Gasteiger partial charge in [0.05, 0.1) is 9.30 Å². The molecule has 0 aliphatic carbocycles. The summed E-state index contributed by atoms with van der Waals surface area (Å²) in [4.78, 5) is 14.2. The highest BCUT2D eigenvalue weighted by molar-refractivity contribution is 5.68. The summed E-state index contributed by atoms with van der Waals surface area (Å²) < 4.78 is 67.7. The first-order valence-electron chi connectivity index (χ1n) is 12.2. The van der Waals surface area contributed by atoms with Crippen LogP contribution in [0.25, 0.3) is 0 Å². The van der Waals surface area contributed by atoms with E-state index in [-0.39, 0.29) is 29.7 Å². The molecule has 0 aromatic heterocycles. The molecule has 0 bridgehead atoms. The zero-order chi connectivity index (χ0) is 25.6. The van der Waals surface area contributed by atoms with Gasteiger partial charge < -0.3 is 23.8 Å². The third-order valence-corrected chi connectivity index (χ3v) is 5.11. The molecule has 0 spiro atoms. The molecule has 2 aliphatic rings. The molecule has 6 nitrogen and oxygen atoms in total. The Morgan fingerprint density at radius 2 is 1.97 bits per heavy atom. The smallest absolute Gasteiger partial charge is 0.410 e. The Hall–Kier alpha value is -2.96. The zero-order valence-corrected chi connectivity index (χ0v) is 17.7. The van der Waals surface area contributed by atoms with E-state index in [4.69, 9.17) is 24.4 Å². The number of fused-ring (bicyclic) bond motifs is 1. The van der Waals surface area contributed by atoms with Crippen molar-refractivity contribution in [3.8, 4) is 17.2 Å². The summed E-state index contributed by atoms with van der Waals surface area (Å²) in [5.41, 5.74) is 0.0411. The molecule has 166 valence electrons. The lowest BCUT2D eigenvalue weighted by molar-refractivity contribution is 0.0111. The van der Waals surface area contributed by atoms with Crippen molar-refractivity contribution in [2.24, 2.45) is 5.92 Å². The Bertz CT molecular complexity index is 1090. The normalized spacial score (nSPS) is 24.5. The van der Waals surface area contributed by atoms with E-state index in [1.807, 2.05) is 0 Å². The minimum absolute atomic E-state index is 0.0249. The van der Waals surface area contributed by atoms with Crippen LogP contribution in [0.2, 0.25) is 0 Å². The fraction of sp³-hybridized carbons (Fsp3) is 0.458. The van der Waals surface area contributed by atoms with Crippen LogP contribution in [0.1, 0.15) is 44.2 Å². The molecule has 2 aromatic rings. The van der Waals surface area contributed by atoms with Crippen LogP contribution in [0.5, 0.6) is 17.2 Å². The Balaban J connectivity index is 1.60. The monoisotopic (exact) mass is 433 g/mol. The van der Waals surface area contributed by atoms with Gasteiger partial charge in [0.2, 0.25) is 6.75 Å². The number of benzene rings is 2. The Labute approximate surface area is 187 Å². The summed E-state index contributed by atoms with van der Waals surface area (Å²) >= 11 is 0. The third kappa shape index (κ3) is 5.21. The van der Waals surface area contributed by atoms with Gasteiger partial charge in [0.25, 0.3) is 0 Å². The van der Waals surface area contributed by atoms with Crippen LogP contribution in [0.3, 0.4) is 0 Å². The maximum absolute atomic E-state index is 13.5. The van der Waals surface area contributed by atoms with Gasteiger partial charge >= 0.3 is 6.09 Å². The van der Waals surface area contributed by atoms with Crippen LogP contribution in [-0.2, 0) is 4.74 Å². The highest BCUT2D eigenvalue weighted by Crippen LogP contribution is 2.37. The van der Waals surface area contributed by atoms with E-state index in [2.05, 4.69) is 0 Å². The van der Waals surface area contributed by atoms with Crippen LogP contribution in [0.4, 0.5) is 9.18 Å². The van der Waals surface area contributed by atoms with Crippen molar-refractivity contribution in [2.75, 3.05) is 26.4 Å². The minimum atomic E-state index is -2.31. The highest BCUT2D eigenvalue weighted by Gasteiger charge is 2.35. The lowest BCUT2D eigenvalue weighted by Crippen LogP contribution is -2.46. The molecule has 0 unspecified atom stereocenters. The molecule has 4 rings (SSSR count). The largest absolute Gasteiger partial charge is 0.493 e. The number of halogens is 1. The second-order valence-electron chi connectivity index (χ2n) is 8.60. The Morgan fingerprint density at radius 3 is 2.71 bits per heavy atom. The molecule has 1 saturated heterocycles. The number of hydrogen-bond acceptors (Lipinski definition) is 5. The first kappa shape index (κ1) is 16.7. The van der Waals surface area contributed by atoms with Crippen molar-refractivity contribution in [3.05, 3.63) is 53.8 Å². The van der Waals surface area contributed by atoms with Gasteiger partial charge in [-0.05, 0) is 62.9 Å². The number of carbonyl (C=O) groups excluding carboxylic acids is 1. The molecule has 31 heavy (non-hydrogen) atoms. The molecule has 2 aliphatic heterocycles. The Morgan fingerprint density at radius 1 is 1.23 bits per heavy atom. The quantitative estimate of drug-likeness (QED) is 0.681. The first-order chi connectivity index (χ1) is 16.2. The average Bonchev–Trinajstić information content (AvgIpc) is 3.05. The number of rotatable bonds is 4.